The molecule has 5 nitrogen and oxygen atoms in total. The summed E-state index contributed by atoms with van der Waals surface area (Å²) in [5.41, 5.74) is 0.314. The summed E-state index contributed by atoms with van der Waals surface area (Å²) in [4.78, 5) is 9.36. The maximum absolute atomic E-state index is 11.1. The number of benzene rings is 1. The number of rotatable bonds is 3. The fourth-order valence-electron chi connectivity index (χ4n) is 0.930. The van der Waals surface area contributed by atoms with Crippen LogP contribution in [0.5, 0.6) is 5.75 Å². The van der Waals surface area contributed by atoms with Crippen LogP contribution in [0.3, 0.4) is 0 Å². The molecule has 0 heterocycles. The molecule has 0 saturated carbocycles. The van der Waals surface area contributed by atoms with Gasteiger partial charge >= 0.3 is 0 Å². The van der Waals surface area contributed by atoms with E-state index in [4.69, 9.17) is 5.11 Å². The van der Waals surface area contributed by atoms with E-state index in [1.165, 1.54) is 24.3 Å². The first-order valence-electron chi connectivity index (χ1n) is 3.66. The van der Waals surface area contributed by atoms with Crippen LogP contribution in [0.1, 0.15) is 11.7 Å². The number of phenols is 1. The Kier molecular flexibility index (Phi) is 2.81. The van der Waals surface area contributed by atoms with E-state index < -0.39 is 17.6 Å². The highest BCUT2D eigenvalue weighted by atomic mass is 16.6. The maximum atomic E-state index is 11.1. The molecule has 0 bridgehead atoms. The molecule has 1 unspecified atom stereocenters. The minimum atomic E-state index is -1.37. The molecule has 0 fully saturated rings. The van der Waals surface area contributed by atoms with E-state index in [-0.39, 0.29) is 5.75 Å². The molecular weight excluding hydrogens is 174 g/mol. The van der Waals surface area contributed by atoms with Crippen molar-refractivity contribution in [2.24, 2.45) is 0 Å². The molecule has 0 spiro atoms. The van der Waals surface area contributed by atoms with Gasteiger partial charge in [0.1, 0.15) is 5.75 Å². The summed E-state index contributed by atoms with van der Waals surface area (Å²) in [5, 5.41) is 30.0. The maximum Gasteiger partial charge on any atom is 0.195 e. The quantitative estimate of drug-likeness (QED) is 0.529. The molecule has 0 saturated heterocycles. The lowest BCUT2D eigenvalue weighted by molar-refractivity contribution is -0.549. The Morgan fingerprint density at radius 1 is 1.38 bits per heavy atom. The summed E-state index contributed by atoms with van der Waals surface area (Å²) in [6, 6.07) is 5.44. The van der Waals surface area contributed by atoms with Gasteiger partial charge in [-0.25, -0.2) is 0 Å². The highest BCUT2D eigenvalue weighted by molar-refractivity contribution is 5.26. The Bertz CT molecular complexity index is 296. The van der Waals surface area contributed by atoms with Crippen LogP contribution < -0.4 is 5.11 Å². The van der Waals surface area contributed by atoms with E-state index in [0.717, 1.165) is 0 Å². The van der Waals surface area contributed by atoms with Gasteiger partial charge in [-0.05, 0) is 18.2 Å². The van der Waals surface area contributed by atoms with E-state index in [0.29, 0.717) is 5.56 Å². The highest BCUT2D eigenvalue weighted by Crippen LogP contribution is 2.14. The molecule has 13 heavy (non-hydrogen) atoms. The van der Waals surface area contributed by atoms with Gasteiger partial charge in [0.2, 0.25) is 0 Å². The number of nitro groups is 1. The topological polar surface area (TPSA) is 86.4 Å². The zero-order chi connectivity index (χ0) is 9.84. The Balaban J connectivity index is 2.71. The molecule has 1 aromatic carbocycles. The number of hydrogen-bond donors (Lipinski definition) is 1. The van der Waals surface area contributed by atoms with Crippen molar-refractivity contribution >= 4 is 0 Å². The molecule has 70 valence electrons. The third-order valence-corrected chi connectivity index (χ3v) is 1.58. The largest absolute Gasteiger partial charge is 0.844 e. The van der Waals surface area contributed by atoms with E-state index in [9.17, 15) is 15.2 Å². The molecule has 0 aliphatic rings. The van der Waals surface area contributed by atoms with E-state index in [2.05, 4.69) is 0 Å². The molecule has 0 amide bonds. The second-order valence-electron chi connectivity index (χ2n) is 2.60. The third kappa shape index (κ3) is 2.72. The third-order valence-electron chi connectivity index (χ3n) is 1.58. The van der Waals surface area contributed by atoms with E-state index >= 15 is 0 Å². The van der Waals surface area contributed by atoms with Gasteiger partial charge < -0.3 is 10.2 Å². The minimum Gasteiger partial charge on any atom is -0.844 e. The first-order chi connectivity index (χ1) is 6.09. The van der Waals surface area contributed by atoms with E-state index in [1.807, 2.05) is 0 Å². The van der Waals surface area contributed by atoms with Crippen molar-refractivity contribution in [1.82, 2.24) is 0 Å². The summed E-state index contributed by atoms with van der Waals surface area (Å²) in [6.07, 6.45) is -1.37. The predicted octanol–water partition coefficient (Wildman–Crippen LogP) is 0.0703. The smallest absolute Gasteiger partial charge is 0.195 e. The standard InChI is InChI=1S/C8H8NO4/c10-7-3-1-6(2-4-7)8(11)5-9(12)13/h1-4,8,10H,5H2/q-1. The molecular formula is C8H8NO4-. The van der Waals surface area contributed by atoms with Gasteiger partial charge in [-0.3, -0.25) is 10.1 Å². The fraction of sp³-hybridized carbons (Fsp3) is 0.250. The Morgan fingerprint density at radius 3 is 2.38 bits per heavy atom. The monoisotopic (exact) mass is 182 g/mol. The molecule has 0 aliphatic heterocycles. The summed E-state index contributed by atoms with van der Waals surface area (Å²) in [5.74, 6) is 0.0389. The van der Waals surface area contributed by atoms with Crippen molar-refractivity contribution in [3.8, 4) is 5.75 Å². The predicted molar refractivity (Wildman–Crippen MR) is 42.7 cm³/mol. The lowest BCUT2D eigenvalue weighted by Crippen LogP contribution is -2.24. The van der Waals surface area contributed by atoms with Gasteiger partial charge in [0, 0.05) is 4.92 Å². The number of phenolic OH excluding ortho intramolecular Hbond substituents is 1. The summed E-state index contributed by atoms with van der Waals surface area (Å²) >= 11 is 0. The van der Waals surface area contributed by atoms with Crippen molar-refractivity contribution in [2.75, 3.05) is 6.54 Å². The van der Waals surface area contributed by atoms with E-state index in [1.54, 1.807) is 0 Å². The normalized spacial score (nSPS) is 12.4. The van der Waals surface area contributed by atoms with Crippen molar-refractivity contribution < 1.29 is 15.1 Å². The summed E-state index contributed by atoms with van der Waals surface area (Å²) in [7, 11) is 0. The Morgan fingerprint density at radius 2 is 1.92 bits per heavy atom. The lowest BCUT2D eigenvalue weighted by Gasteiger charge is -2.17. The number of nitrogens with zero attached hydrogens (tertiary/aromatic N) is 1. The van der Waals surface area contributed by atoms with Gasteiger partial charge in [0.25, 0.3) is 0 Å². The Labute approximate surface area is 74.4 Å². The van der Waals surface area contributed by atoms with Gasteiger partial charge in [0.15, 0.2) is 6.54 Å². The second kappa shape index (κ2) is 3.86. The SMILES string of the molecule is O=[N+]([O-])CC([O-])c1ccc(O)cc1. The first kappa shape index (κ1) is 9.47. The molecule has 1 N–H and O–H groups in total. The van der Waals surface area contributed by atoms with Crippen molar-refractivity contribution in [1.29, 1.82) is 0 Å². The van der Waals surface area contributed by atoms with Crippen LogP contribution in [0.25, 0.3) is 0 Å². The molecule has 5 heteroatoms. The Hall–Kier alpha value is -1.62. The average molecular weight is 182 g/mol. The zero-order valence-electron chi connectivity index (χ0n) is 6.71. The molecule has 1 rings (SSSR count). The first-order valence-corrected chi connectivity index (χ1v) is 3.66. The fourth-order valence-corrected chi connectivity index (χ4v) is 0.930. The van der Waals surface area contributed by atoms with Crippen LogP contribution >= 0.6 is 0 Å². The molecule has 0 aromatic heterocycles. The van der Waals surface area contributed by atoms with Crippen molar-refractivity contribution in [3.63, 3.8) is 0 Å². The second-order valence-corrected chi connectivity index (χ2v) is 2.60. The number of aromatic hydroxyl groups is 1. The van der Waals surface area contributed by atoms with Crippen LogP contribution in [0.15, 0.2) is 24.3 Å². The van der Waals surface area contributed by atoms with Crippen molar-refractivity contribution in [3.05, 3.63) is 39.9 Å². The summed E-state index contributed by atoms with van der Waals surface area (Å²) in [6.45, 7) is -0.634. The van der Waals surface area contributed by atoms with Gasteiger partial charge in [-0.2, -0.15) is 0 Å². The highest BCUT2D eigenvalue weighted by Gasteiger charge is 2.04. The van der Waals surface area contributed by atoms with Crippen LogP contribution in [-0.4, -0.2) is 16.6 Å². The summed E-state index contributed by atoms with van der Waals surface area (Å²) < 4.78 is 0. The van der Waals surface area contributed by atoms with Crippen molar-refractivity contribution in [2.45, 2.75) is 6.10 Å². The van der Waals surface area contributed by atoms with Gasteiger partial charge in [0.05, 0.1) is 0 Å². The molecule has 0 aliphatic carbocycles. The molecule has 1 aromatic rings. The van der Waals surface area contributed by atoms with Crippen LogP contribution in [0.2, 0.25) is 0 Å². The van der Waals surface area contributed by atoms with Gasteiger partial charge in [-0.1, -0.05) is 17.7 Å². The number of hydrogen-bond acceptors (Lipinski definition) is 4. The average Bonchev–Trinajstić information content (AvgIpc) is 2.04. The van der Waals surface area contributed by atoms with Gasteiger partial charge in [-0.15, -0.1) is 0 Å². The lowest BCUT2D eigenvalue weighted by atomic mass is 10.1. The van der Waals surface area contributed by atoms with Crippen LogP contribution in [-0.2, 0) is 0 Å². The van der Waals surface area contributed by atoms with Crippen LogP contribution in [0, 0.1) is 10.1 Å². The minimum absolute atomic E-state index is 0.0389. The zero-order valence-corrected chi connectivity index (χ0v) is 6.71. The van der Waals surface area contributed by atoms with Crippen LogP contribution in [0.4, 0.5) is 0 Å². The molecule has 1 atom stereocenters. The molecule has 0 radical (unpaired) electrons.